The van der Waals surface area contributed by atoms with E-state index in [1.165, 1.54) is 128 Å². The second-order valence-corrected chi connectivity index (χ2v) is 19.8. The minimum Gasteiger partial charge on any atom is -0.462 e. The maximum atomic E-state index is 12.8. The van der Waals surface area contributed by atoms with E-state index in [0.29, 0.717) is 12.8 Å². The normalized spacial score (nSPS) is 21.5. The van der Waals surface area contributed by atoms with Gasteiger partial charge >= 0.3 is 19.8 Å². The molecule has 1 aliphatic carbocycles. The lowest BCUT2D eigenvalue weighted by molar-refractivity contribution is -0.220. The Morgan fingerprint density at radius 3 is 1.26 bits per heavy atom. The average molecular weight is 947 g/mol. The number of carbonyl (C=O) groups excluding carboxylic acids is 2. The molecule has 0 saturated heterocycles. The van der Waals surface area contributed by atoms with Crippen molar-refractivity contribution in [3.8, 4) is 0 Å². The molecule has 0 heterocycles. The first-order valence-corrected chi connectivity index (χ1v) is 27.6. The van der Waals surface area contributed by atoms with Crippen LogP contribution in [0.3, 0.4) is 0 Å². The lowest BCUT2D eigenvalue weighted by Gasteiger charge is -2.41. The first kappa shape index (κ1) is 61.3. The van der Waals surface area contributed by atoms with E-state index in [1.807, 2.05) is 0 Å². The van der Waals surface area contributed by atoms with Crippen LogP contribution in [0.2, 0.25) is 0 Å². The van der Waals surface area contributed by atoms with Gasteiger partial charge in [-0.05, 0) is 44.9 Å². The molecule has 1 fully saturated rings. The quantitative estimate of drug-likeness (QED) is 0.0146. The fraction of sp³-hybridized carbons (Fsp3) is 0.882. The summed E-state index contributed by atoms with van der Waals surface area (Å²) in [6.45, 7) is 3.31. The number of rotatable bonds is 44. The number of carbonyl (C=O) groups is 2. The van der Waals surface area contributed by atoms with E-state index in [1.54, 1.807) is 0 Å². The molecule has 6 atom stereocenters. The summed E-state index contributed by atoms with van der Waals surface area (Å²) < 4.78 is 33.6. The Morgan fingerprint density at radius 1 is 0.477 bits per heavy atom. The van der Waals surface area contributed by atoms with Gasteiger partial charge < -0.3 is 39.9 Å². The van der Waals surface area contributed by atoms with Crippen LogP contribution in [0, 0.1) is 0 Å². The van der Waals surface area contributed by atoms with Gasteiger partial charge in [-0.1, -0.05) is 199 Å². The van der Waals surface area contributed by atoms with Crippen molar-refractivity contribution in [3.05, 3.63) is 24.3 Å². The largest absolute Gasteiger partial charge is 0.472 e. The van der Waals surface area contributed by atoms with E-state index in [0.717, 1.165) is 64.2 Å². The Balaban J connectivity index is 2.38. The topological polar surface area (TPSA) is 210 Å². The predicted molar refractivity (Wildman–Crippen MR) is 258 cm³/mol. The van der Waals surface area contributed by atoms with Crippen molar-refractivity contribution in [2.24, 2.45) is 0 Å². The summed E-state index contributed by atoms with van der Waals surface area (Å²) in [7, 11) is -5.12. The van der Waals surface area contributed by atoms with E-state index in [-0.39, 0.29) is 12.8 Å². The minimum absolute atomic E-state index is 0.0837. The Hall–Kier alpha value is -1.67. The summed E-state index contributed by atoms with van der Waals surface area (Å²) in [5, 5.41) is 50.3. The highest BCUT2D eigenvalue weighted by molar-refractivity contribution is 7.47. The summed E-state index contributed by atoms with van der Waals surface area (Å²) in [5.74, 6) is -1.10. The van der Waals surface area contributed by atoms with Gasteiger partial charge in [0.1, 0.15) is 43.2 Å². The third-order valence-corrected chi connectivity index (χ3v) is 13.3. The zero-order valence-electron chi connectivity index (χ0n) is 40.8. The van der Waals surface area contributed by atoms with Gasteiger partial charge in [0, 0.05) is 12.8 Å². The smallest absolute Gasteiger partial charge is 0.462 e. The number of esters is 2. The lowest BCUT2D eigenvalue weighted by Crippen LogP contribution is -2.64. The molecule has 382 valence electrons. The maximum Gasteiger partial charge on any atom is 0.472 e. The molecule has 0 aromatic heterocycles. The molecule has 0 bridgehead atoms. The van der Waals surface area contributed by atoms with Crippen molar-refractivity contribution in [2.75, 3.05) is 13.2 Å². The molecule has 0 aromatic rings. The highest BCUT2D eigenvalue weighted by Crippen LogP contribution is 2.47. The summed E-state index contributed by atoms with van der Waals surface area (Å²) in [6.07, 6.45) is 33.7. The second kappa shape index (κ2) is 41.3. The SMILES string of the molecule is CCCCCC/C=C\C/C=C\CCCCCCCC(=O)OC(COC(=O)CCCCCCCCCCCCCCCCCCCCCC)COP(=O)(O)OC1C(O)C(O)C(O)C(O)C1O. The second-order valence-electron chi connectivity index (χ2n) is 18.4. The molecule has 0 radical (unpaired) electrons. The molecule has 0 amide bonds. The van der Waals surface area contributed by atoms with Gasteiger partial charge in [0.2, 0.25) is 0 Å². The van der Waals surface area contributed by atoms with Crippen molar-refractivity contribution in [1.82, 2.24) is 0 Å². The third-order valence-electron chi connectivity index (χ3n) is 12.3. The lowest BCUT2D eigenvalue weighted by atomic mass is 9.85. The van der Waals surface area contributed by atoms with Gasteiger partial charge in [0.25, 0.3) is 0 Å². The molecule has 0 spiro atoms. The van der Waals surface area contributed by atoms with Crippen molar-refractivity contribution < 1.29 is 63.1 Å². The molecule has 13 nitrogen and oxygen atoms in total. The van der Waals surface area contributed by atoms with E-state index in [2.05, 4.69) is 38.2 Å². The number of aliphatic hydroxyl groups is 5. The monoisotopic (exact) mass is 947 g/mol. The number of aliphatic hydroxyl groups excluding tert-OH is 5. The van der Waals surface area contributed by atoms with Crippen LogP contribution in [0.5, 0.6) is 0 Å². The van der Waals surface area contributed by atoms with E-state index in [9.17, 15) is 44.6 Å². The van der Waals surface area contributed by atoms with E-state index >= 15 is 0 Å². The number of hydrogen-bond acceptors (Lipinski definition) is 12. The number of phosphoric acid groups is 1. The number of phosphoric ester groups is 1. The Bertz CT molecular complexity index is 1230. The fourth-order valence-corrected chi connectivity index (χ4v) is 9.06. The highest BCUT2D eigenvalue weighted by atomic mass is 31.2. The van der Waals surface area contributed by atoms with Gasteiger partial charge in [-0.3, -0.25) is 18.6 Å². The summed E-state index contributed by atoms with van der Waals surface area (Å²) in [6, 6.07) is 0. The van der Waals surface area contributed by atoms with Crippen molar-refractivity contribution in [3.63, 3.8) is 0 Å². The van der Waals surface area contributed by atoms with Crippen LogP contribution in [0.4, 0.5) is 0 Å². The van der Waals surface area contributed by atoms with E-state index < -0.39 is 75.7 Å². The molecule has 1 rings (SSSR count). The highest BCUT2D eigenvalue weighted by Gasteiger charge is 2.51. The molecular weight excluding hydrogens is 852 g/mol. The van der Waals surface area contributed by atoms with Crippen LogP contribution in [0.15, 0.2) is 24.3 Å². The Kier molecular flexibility index (Phi) is 39.0. The number of unbranched alkanes of at least 4 members (excludes halogenated alkanes) is 28. The fourth-order valence-electron chi connectivity index (χ4n) is 8.08. The predicted octanol–water partition coefficient (Wildman–Crippen LogP) is 11.2. The number of hydrogen-bond donors (Lipinski definition) is 6. The summed E-state index contributed by atoms with van der Waals surface area (Å²) >= 11 is 0. The first-order valence-electron chi connectivity index (χ1n) is 26.1. The standard InChI is InChI=1S/C51H95O13P/c1-3-5-7-9-11-13-15-17-19-21-22-23-24-26-27-29-31-33-35-37-39-44(52)61-41-43(42-62-65(59,60)64-51-49(57)47(55)46(54)48(56)50(51)58)63-45(53)40-38-36-34-32-30-28-25-20-18-16-14-12-10-8-6-4-2/h14,16,20,25,43,46-51,54-58H,3-13,15,17-19,21-24,26-42H2,1-2H3,(H,59,60)/b16-14-,25-20-. The molecule has 14 heteroatoms. The van der Waals surface area contributed by atoms with Gasteiger partial charge in [-0.25, -0.2) is 4.57 Å². The molecule has 6 unspecified atom stereocenters. The molecule has 1 aliphatic rings. The zero-order chi connectivity index (χ0) is 47.8. The Labute approximate surface area is 394 Å². The van der Waals surface area contributed by atoms with Crippen LogP contribution in [0.1, 0.15) is 232 Å². The maximum absolute atomic E-state index is 12.8. The Morgan fingerprint density at radius 2 is 0.831 bits per heavy atom. The average Bonchev–Trinajstić information content (AvgIpc) is 3.29. The third kappa shape index (κ3) is 33.5. The number of allylic oxidation sites excluding steroid dienone is 4. The molecule has 65 heavy (non-hydrogen) atoms. The zero-order valence-corrected chi connectivity index (χ0v) is 41.7. The van der Waals surface area contributed by atoms with Crippen LogP contribution < -0.4 is 0 Å². The first-order chi connectivity index (χ1) is 31.4. The summed E-state index contributed by atoms with van der Waals surface area (Å²) in [4.78, 5) is 35.8. The molecular formula is C51H95O13P. The van der Waals surface area contributed by atoms with Crippen LogP contribution in [-0.2, 0) is 32.7 Å². The molecule has 6 N–H and O–H groups in total. The molecule has 1 saturated carbocycles. The van der Waals surface area contributed by atoms with Crippen molar-refractivity contribution in [1.29, 1.82) is 0 Å². The van der Waals surface area contributed by atoms with Crippen LogP contribution in [-0.4, -0.2) is 98.3 Å². The van der Waals surface area contributed by atoms with Crippen LogP contribution in [0.25, 0.3) is 0 Å². The number of ether oxygens (including phenoxy) is 2. The minimum atomic E-state index is -5.12. The summed E-state index contributed by atoms with van der Waals surface area (Å²) in [5.41, 5.74) is 0. The van der Waals surface area contributed by atoms with Gasteiger partial charge in [-0.2, -0.15) is 0 Å². The van der Waals surface area contributed by atoms with Gasteiger partial charge in [-0.15, -0.1) is 0 Å². The molecule has 0 aliphatic heterocycles. The van der Waals surface area contributed by atoms with Crippen molar-refractivity contribution in [2.45, 2.75) is 275 Å². The van der Waals surface area contributed by atoms with E-state index in [4.69, 9.17) is 18.5 Å². The van der Waals surface area contributed by atoms with Gasteiger partial charge in [0.15, 0.2) is 6.10 Å². The van der Waals surface area contributed by atoms with Crippen molar-refractivity contribution >= 4 is 19.8 Å². The molecule has 0 aromatic carbocycles. The van der Waals surface area contributed by atoms with Crippen LogP contribution >= 0.6 is 7.82 Å². The van der Waals surface area contributed by atoms with Gasteiger partial charge in [0.05, 0.1) is 6.61 Å².